The Kier molecular flexibility index (Phi) is 6.10. The van der Waals surface area contributed by atoms with Crippen LogP contribution in [0.1, 0.15) is 19.4 Å². The Labute approximate surface area is 121 Å². The second-order valence-electron chi connectivity index (χ2n) is 6.21. The van der Waals surface area contributed by atoms with Crippen LogP contribution in [0.25, 0.3) is 0 Å². The quantitative estimate of drug-likeness (QED) is 0.451. The van der Waals surface area contributed by atoms with Gasteiger partial charge in [0.2, 0.25) is 0 Å². The van der Waals surface area contributed by atoms with Crippen molar-refractivity contribution in [3.05, 3.63) is 39.9 Å². The Morgan fingerprint density at radius 2 is 1.95 bits per heavy atom. The summed E-state index contributed by atoms with van der Waals surface area (Å²) in [5.41, 5.74) is 1.18. The van der Waals surface area contributed by atoms with Crippen LogP contribution >= 0.6 is 0 Å². The van der Waals surface area contributed by atoms with E-state index in [-0.39, 0.29) is 16.0 Å². The molecule has 0 aliphatic rings. The molecule has 5 nitrogen and oxygen atoms in total. The standard InChI is InChI=1S/C15H25N3O2/c1-15(2,12-17(3)4)11-16-10-9-13-7-5-6-8-14(13)18(19)20/h5-8,16H,9-12H2,1-4H3. The van der Waals surface area contributed by atoms with Crippen molar-refractivity contribution in [2.75, 3.05) is 33.7 Å². The molecule has 0 bridgehead atoms. The summed E-state index contributed by atoms with van der Waals surface area (Å²) in [6, 6.07) is 6.93. The van der Waals surface area contributed by atoms with Gasteiger partial charge in [-0.2, -0.15) is 0 Å². The van der Waals surface area contributed by atoms with Crippen molar-refractivity contribution in [2.45, 2.75) is 20.3 Å². The number of nitrogens with zero attached hydrogens (tertiary/aromatic N) is 2. The second kappa shape index (κ2) is 7.36. The molecule has 0 unspecified atom stereocenters. The van der Waals surface area contributed by atoms with Crippen molar-refractivity contribution in [3.8, 4) is 0 Å². The average Bonchev–Trinajstić information content (AvgIpc) is 2.33. The van der Waals surface area contributed by atoms with Crippen LogP contribution in [-0.2, 0) is 6.42 Å². The van der Waals surface area contributed by atoms with Crippen LogP contribution in [0.3, 0.4) is 0 Å². The SMILES string of the molecule is CN(C)CC(C)(C)CNCCc1ccccc1[N+](=O)[O-]. The van der Waals surface area contributed by atoms with Crippen molar-refractivity contribution < 1.29 is 4.92 Å². The van der Waals surface area contributed by atoms with E-state index in [9.17, 15) is 10.1 Å². The number of para-hydroxylation sites is 1. The minimum absolute atomic E-state index is 0.187. The van der Waals surface area contributed by atoms with Crippen molar-refractivity contribution in [1.29, 1.82) is 0 Å². The highest BCUT2D eigenvalue weighted by Gasteiger charge is 2.18. The summed E-state index contributed by atoms with van der Waals surface area (Å²) in [6.45, 7) is 7.08. The summed E-state index contributed by atoms with van der Waals surface area (Å²) in [7, 11) is 4.13. The zero-order valence-electron chi connectivity index (χ0n) is 12.8. The highest BCUT2D eigenvalue weighted by molar-refractivity contribution is 5.39. The maximum Gasteiger partial charge on any atom is 0.272 e. The third kappa shape index (κ3) is 5.67. The molecule has 0 radical (unpaired) electrons. The first-order valence-corrected chi connectivity index (χ1v) is 6.89. The topological polar surface area (TPSA) is 58.4 Å². The third-order valence-corrected chi connectivity index (χ3v) is 3.11. The number of hydrogen-bond acceptors (Lipinski definition) is 4. The third-order valence-electron chi connectivity index (χ3n) is 3.11. The lowest BCUT2D eigenvalue weighted by Crippen LogP contribution is -2.38. The Bertz CT molecular complexity index is 444. The van der Waals surface area contributed by atoms with Gasteiger partial charge in [0.15, 0.2) is 0 Å². The lowest BCUT2D eigenvalue weighted by atomic mass is 9.93. The first-order valence-electron chi connectivity index (χ1n) is 6.89. The van der Waals surface area contributed by atoms with Crippen molar-refractivity contribution in [3.63, 3.8) is 0 Å². The molecule has 1 rings (SSSR count). The summed E-state index contributed by atoms with van der Waals surface area (Å²) in [5, 5.41) is 14.3. The predicted molar refractivity (Wildman–Crippen MR) is 82.0 cm³/mol. The molecule has 0 heterocycles. The zero-order valence-corrected chi connectivity index (χ0v) is 12.8. The number of benzene rings is 1. The van der Waals surface area contributed by atoms with Crippen LogP contribution in [0.2, 0.25) is 0 Å². The Hall–Kier alpha value is -1.46. The summed E-state index contributed by atoms with van der Waals surface area (Å²) in [4.78, 5) is 12.8. The van der Waals surface area contributed by atoms with E-state index in [1.54, 1.807) is 12.1 Å². The van der Waals surface area contributed by atoms with Gasteiger partial charge in [-0.25, -0.2) is 0 Å². The molecular formula is C15H25N3O2. The van der Waals surface area contributed by atoms with E-state index in [4.69, 9.17) is 0 Å². The minimum Gasteiger partial charge on any atom is -0.316 e. The Morgan fingerprint density at radius 3 is 2.55 bits per heavy atom. The summed E-state index contributed by atoms with van der Waals surface area (Å²) < 4.78 is 0. The fourth-order valence-electron chi connectivity index (χ4n) is 2.46. The van der Waals surface area contributed by atoms with E-state index in [2.05, 4.69) is 38.2 Å². The molecule has 1 aromatic rings. The van der Waals surface area contributed by atoms with E-state index >= 15 is 0 Å². The molecular weight excluding hydrogens is 254 g/mol. The largest absolute Gasteiger partial charge is 0.316 e. The van der Waals surface area contributed by atoms with E-state index in [1.165, 1.54) is 0 Å². The van der Waals surface area contributed by atoms with Gasteiger partial charge in [0.05, 0.1) is 4.92 Å². The van der Waals surface area contributed by atoms with Gasteiger partial charge in [-0.15, -0.1) is 0 Å². The van der Waals surface area contributed by atoms with Gasteiger partial charge >= 0.3 is 0 Å². The Balaban J connectivity index is 2.44. The maximum absolute atomic E-state index is 10.9. The van der Waals surface area contributed by atoms with Gasteiger partial charge < -0.3 is 10.2 Å². The smallest absolute Gasteiger partial charge is 0.272 e. The van der Waals surface area contributed by atoms with Crippen LogP contribution in [-0.4, -0.2) is 43.6 Å². The number of nitro benzene ring substituents is 1. The fraction of sp³-hybridized carbons (Fsp3) is 0.600. The van der Waals surface area contributed by atoms with Crippen LogP contribution in [0, 0.1) is 15.5 Å². The molecule has 20 heavy (non-hydrogen) atoms. The lowest BCUT2D eigenvalue weighted by molar-refractivity contribution is -0.385. The van der Waals surface area contributed by atoms with E-state index in [1.807, 2.05) is 12.1 Å². The molecule has 0 saturated heterocycles. The number of nitro groups is 1. The average molecular weight is 279 g/mol. The highest BCUT2D eigenvalue weighted by Crippen LogP contribution is 2.18. The van der Waals surface area contributed by atoms with E-state index in [0.29, 0.717) is 6.42 Å². The van der Waals surface area contributed by atoms with Crippen LogP contribution in [0.15, 0.2) is 24.3 Å². The number of hydrogen-bond donors (Lipinski definition) is 1. The number of rotatable bonds is 8. The van der Waals surface area contributed by atoms with Gasteiger partial charge in [-0.3, -0.25) is 10.1 Å². The van der Waals surface area contributed by atoms with Gasteiger partial charge in [0.1, 0.15) is 0 Å². The van der Waals surface area contributed by atoms with Gasteiger partial charge in [-0.05, 0) is 32.5 Å². The molecule has 0 aromatic heterocycles. The van der Waals surface area contributed by atoms with Crippen LogP contribution < -0.4 is 5.32 Å². The van der Waals surface area contributed by atoms with Crippen molar-refractivity contribution in [2.24, 2.45) is 5.41 Å². The van der Waals surface area contributed by atoms with E-state index < -0.39 is 0 Å². The molecule has 0 saturated carbocycles. The molecule has 0 fully saturated rings. The first kappa shape index (κ1) is 16.6. The molecule has 0 aliphatic carbocycles. The summed E-state index contributed by atoms with van der Waals surface area (Å²) in [5.74, 6) is 0. The summed E-state index contributed by atoms with van der Waals surface area (Å²) in [6.07, 6.45) is 0.676. The monoisotopic (exact) mass is 279 g/mol. The normalized spacial score (nSPS) is 11.8. The number of nitrogens with one attached hydrogen (secondary N) is 1. The van der Waals surface area contributed by atoms with Crippen LogP contribution in [0.5, 0.6) is 0 Å². The highest BCUT2D eigenvalue weighted by atomic mass is 16.6. The van der Waals surface area contributed by atoms with Crippen LogP contribution in [0.4, 0.5) is 5.69 Å². The van der Waals surface area contributed by atoms with E-state index in [0.717, 1.165) is 25.2 Å². The predicted octanol–water partition coefficient (Wildman–Crippen LogP) is 2.31. The second-order valence-corrected chi connectivity index (χ2v) is 6.21. The van der Waals surface area contributed by atoms with Crippen molar-refractivity contribution in [1.82, 2.24) is 10.2 Å². The summed E-state index contributed by atoms with van der Waals surface area (Å²) >= 11 is 0. The Morgan fingerprint density at radius 1 is 1.30 bits per heavy atom. The maximum atomic E-state index is 10.9. The lowest BCUT2D eigenvalue weighted by Gasteiger charge is -2.28. The molecule has 0 spiro atoms. The van der Waals surface area contributed by atoms with Gasteiger partial charge in [-0.1, -0.05) is 32.0 Å². The molecule has 0 aliphatic heterocycles. The molecule has 1 N–H and O–H groups in total. The molecule has 0 atom stereocenters. The van der Waals surface area contributed by atoms with Gasteiger partial charge in [0, 0.05) is 24.7 Å². The molecule has 112 valence electrons. The zero-order chi connectivity index (χ0) is 15.2. The van der Waals surface area contributed by atoms with Crippen molar-refractivity contribution >= 4 is 5.69 Å². The van der Waals surface area contributed by atoms with Gasteiger partial charge in [0.25, 0.3) is 5.69 Å². The minimum atomic E-state index is -0.314. The first-order chi connectivity index (χ1) is 9.32. The molecule has 1 aromatic carbocycles. The fourth-order valence-corrected chi connectivity index (χ4v) is 2.46. The molecule has 5 heteroatoms. The molecule has 0 amide bonds.